The highest BCUT2D eigenvalue weighted by Gasteiger charge is 2.10. The molecule has 0 aliphatic carbocycles. The number of Topliss-reactive ketones (excluding diaryl/α,β-unsaturated/α-hetero) is 1. The molecule has 0 N–H and O–H groups in total. The first-order chi connectivity index (χ1) is 8.50. The van der Waals surface area contributed by atoms with E-state index >= 15 is 0 Å². The van der Waals surface area contributed by atoms with Gasteiger partial charge in [0.05, 0.1) is 0 Å². The molecule has 0 heterocycles. The van der Waals surface area contributed by atoms with E-state index in [1.165, 1.54) is 6.92 Å². The highest BCUT2D eigenvalue weighted by atomic mass is 19.1. The number of benzene rings is 2. The summed E-state index contributed by atoms with van der Waals surface area (Å²) in [6.45, 7) is 5.14. The SMILES string of the molecule is CC(=O)c1cc(-c2cccc(C)c2F)ccc1C. The largest absolute Gasteiger partial charge is 0.295 e. The molecule has 0 fully saturated rings. The minimum absolute atomic E-state index is 0.00223. The van der Waals surface area contributed by atoms with Crippen molar-refractivity contribution in [2.24, 2.45) is 0 Å². The smallest absolute Gasteiger partial charge is 0.160 e. The van der Waals surface area contributed by atoms with E-state index in [1.807, 2.05) is 25.1 Å². The van der Waals surface area contributed by atoms with E-state index in [9.17, 15) is 9.18 Å². The van der Waals surface area contributed by atoms with Crippen LogP contribution in [-0.4, -0.2) is 5.78 Å². The van der Waals surface area contributed by atoms with Gasteiger partial charge in [-0.15, -0.1) is 0 Å². The molecule has 1 nitrogen and oxygen atoms in total. The number of ketones is 1. The van der Waals surface area contributed by atoms with Crippen molar-refractivity contribution >= 4 is 5.78 Å². The Bertz CT molecular complexity index is 614. The molecular weight excluding hydrogens is 227 g/mol. The third-order valence-corrected chi connectivity index (χ3v) is 3.12. The molecule has 0 radical (unpaired) electrons. The number of hydrogen-bond donors (Lipinski definition) is 0. The van der Waals surface area contributed by atoms with Crippen molar-refractivity contribution in [3.8, 4) is 11.1 Å². The van der Waals surface area contributed by atoms with Gasteiger partial charge in [-0.05, 0) is 43.5 Å². The molecule has 0 spiro atoms. The molecule has 0 saturated heterocycles. The van der Waals surface area contributed by atoms with Crippen molar-refractivity contribution < 1.29 is 9.18 Å². The van der Waals surface area contributed by atoms with Crippen LogP contribution in [0.4, 0.5) is 4.39 Å². The summed E-state index contributed by atoms with van der Waals surface area (Å²) in [4.78, 5) is 11.5. The summed E-state index contributed by atoms with van der Waals surface area (Å²) >= 11 is 0. The molecule has 0 bridgehead atoms. The van der Waals surface area contributed by atoms with Gasteiger partial charge in [-0.25, -0.2) is 4.39 Å². The van der Waals surface area contributed by atoms with Gasteiger partial charge in [0.25, 0.3) is 0 Å². The molecule has 0 aliphatic rings. The van der Waals surface area contributed by atoms with E-state index in [0.717, 1.165) is 11.1 Å². The van der Waals surface area contributed by atoms with E-state index < -0.39 is 0 Å². The van der Waals surface area contributed by atoms with E-state index in [2.05, 4.69) is 0 Å². The molecule has 0 aromatic heterocycles. The second-order valence-electron chi connectivity index (χ2n) is 4.52. The lowest BCUT2D eigenvalue weighted by molar-refractivity contribution is 0.101. The zero-order valence-corrected chi connectivity index (χ0v) is 10.8. The lowest BCUT2D eigenvalue weighted by Gasteiger charge is -2.09. The molecule has 2 aromatic carbocycles. The second kappa shape index (κ2) is 4.73. The maximum absolute atomic E-state index is 14.0. The van der Waals surface area contributed by atoms with Crippen molar-refractivity contribution in [2.75, 3.05) is 0 Å². The van der Waals surface area contributed by atoms with E-state index in [1.54, 1.807) is 25.1 Å². The Hall–Kier alpha value is -1.96. The van der Waals surface area contributed by atoms with Crippen molar-refractivity contribution in [3.05, 3.63) is 58.9 Å². The molecule has 92 valence electrons. The minimum Gasteiger partial charge on any atom is -0.295 e. The van der Waals surface area contributed by atoms with Gasteiger partial charge < -0.3 is 0 Å². The number of halogens is 1. The maximum Gasteiger partial charge on any atom is 0.160 e. The molecule has 0 amide bonds. The van der Waals surface area contributed by atoms with Gasteiger partial charge in [-0.1, -0.05) is 30.3 Å². The lowest BCUT2D eigenvalue weighted by atomic mass is 9.96. The maximum atomic E-state index is 14.0. The summed E-state index contributed by atoms with van der Waals surface area (Å²) in [7, 11) is 0. The topological polar surface area (TPSA) is 17.1 Å². The lowest BCUT2D eigenvalue weighted by Crippen LogP contribution is -1.97. The Labute approximate surface area is 106 Å². The van der Waals surface area contributed by atoms with Gasteiger partial charge in [-0.2, -0.15) is 0 Å². The van der Waals surface area contributed by atoms with Crippen LogP contribution in [-0.2, 0) is 0 Å². The molecule has 0 aliphatic heterocycles. The summed E-state index contributed by atoms with van der Waals surface area (Å²) in [5.41, 5.74) is 3.45. The van der Waals surface area contributed by atoms with E-state index in [0.29, 0.717) is 16.7 Å². The third kappa shape index (κ3) is 2.19. The first kappa shape index (κ1) is 12.5. The van der Waals surface area contributed by atoms with Crippen LogP contribution in [0.25, 0.3) is 11.1 Å². The average molecular weight is 242 g/mol. The van der Waals surface area contributed by atoms with Crippen LogP contribution in [0.3, 0.4) is 0 Å². The molecule has 0 saturated carbocycles. The summed E-state index contributed by atoms with van der Waals surface area (Å²) in [6, 6.07) is 10.7. The van der Waals surface area contributed by atoms with Gasteiger partial charge in [0.2, 0.25) is 0 Å². The molecule has 2 heteroatoms. The summed E-state index contributed by atoms with van der Waals surface area (Å²) in [5, 5.41) is 0. The van der Waals surface area contributed by atoms with Crippen LogP contribution >= 0.6 is 0 Å². The van der Waals surface area contributed by atoms with Crippen LogP contribution in [0.2, 0.25) is 0 Å². The first-order valence-electron chi connectivity index (χ1n) is 5.88. The predicted molar refractivity (Wildman–Crippen MR) is 71.3 cm³/mol. The standard InChI is InChI=1S/C16H15FO/c1-10-7-8-13(9-15(10)12(3)18)14-6-4-5-11(2)16(14)17/h4-9H,1-3H3. The van der Waals surface area contributed by atoms with Gasteiger partial charge >= 0.3 is 0 Å². The molecule has 2 aromatic rings. The fourth-order valence-electron chi connectivity index (χ4n) is 2.04. The highest BCUT2D eigenvalue weighted by molar-refractivity contribution is 5.96. The predicted octanol–water partition coefficient (Wildman–Crippen LogP) is 4.31. The quantitative estimate of drug-likeness (QED) is 0.717. The number of rotatable bonds is 2. The van der Waals surface area contributed by atoms with E-state index in [4.69, 9.17) is 0 Å². The van der Waals surface area contributed by atoms with E-state index in [-0.39, 0.29) is 11.6 Å². The zero-order chi connectivity index (χ0) is 13.3. The highest BCUT2D eigenvalue weighted by Crippen LogP contribution is 2.26. The Morgan fingerprint density at radius 2 is 1.78 bits per heavy atom. The Morgan fingerprint density at radius 3 is 2.44 bits per heavy atom. The van der Waals surface area contributed by atoms with Crippen molar-refractivity contribution in [1.29, 1.82) is 0 Å². The summed E-state index contributed by atoms with van der Waals surface area (Å²) in [5.74, 6) is -0.224. The summed E-state index contributed by atoms with van der Waals surface area (Å²) < 4.78 is 14.0. The van der Waals surface area contributed by atoms with Gasteiger partial charge in [-0.3, -0.25) is 4.79 Å². The van der Waals surface area contributed by atoms with Crippen molar-refractivity contribution in [1.82, 2.24) is 0 Å². The Kier molecular flexibility index (Phi) is 3.28. The van der Waals surface area contributed by atoms with Crippen LogP contribution in [0.1, 0.15) is 28.4 Å². The molecule has 2 rings (SSSR count). The monoisotopic (exact) mass is 242 g/mol. The van der Waals surface area contributed by atoms with Crippen LogP contribution in [0.15, 0.2) is 36.4 Å². The number of hydrogen-bond acceptors (Lipinski definition) is 1. The first-order valence-corrected chi connectivity index (χ1v) is 5.88. The minimum atomic E-state index is -0.226. The number of carbonyl (C=O) groups excluding carboxylic acids is 1. The summed E-state index contributed by atoms with van der Waals surface area (Å²) in [6.07, 6.45) is 0. The number of aryl methyl sites for hydroxylation is 2. The second-order valence-corrected chi connectivity index (χ2v) is 4.52. The fraction of sp³-hybridized carbons (Fsp3) is 0.188. The fourth-order valence-corrected chi connectivity index (χ4v) is 2.04. The molecule has 0 unspecified atom stereocenters. The van der Waals surface area contributed by atoms with Crippen molar-refractivity contribution in [2.45, 2.75) is 20.8 Å². The molecular formula is C16H15FO. The molecule has 0 atom stereocenters. The zero-order valence-electron chi connectivity index (χ0n) is 10.8. The van der Waals surface area contributed by atoms with Gasteiger partial charge in [0.15, 0.2) is 5.78 Å². The average Bonchev–Trinajstić information content (AvgIpc) is 2.33. The van der Waals surface area contributed by atoms with Gasteiger partial charge in [0, 0.05) is 11.1 Å². The number of carbonyl (C=O) groups is 1. The Morgan fingerprint density at radius 1 is 1.06 bits per heavy atom. The van der Waals surface area contributed by atoms with Gasteiger partial charge in [0.1, 0.15) is 5.82 Å². The Balaban J connectivity index is 2.62. The normalized spacial score (nSPS) is 10.4. The third-order valence-electron chi connectivity index (χ3n) is 3.12. The van der Waals surface area contributed by atoms with Crippen LogP contribution < -0.4 is 0 Å². The van der Waals surface area contributed by atoms with Crippen LogP contribution in [0, 0.1) is 19.7 Å². The van der Waals surface area contributed by atoms with Crippen molar-refractivity contribution in [3.63, 3.8) is 0 Å². The molecule has 18 heavy (non-hydrogen) atoms. The van der Waals surface area contributed by atoms with Crippen LogP contribution in [0.5, 0.6) is 0 Å².